The van der Waals surface area contributed by atoms with Gasteiger partial charge in [-0.05, 0) is 54.4 Å². The third-order valence-corrected chi connectivity index (χ3v) is 3.71. The smallest absolute Gasteiger partial charge is 0.0143 e. The summed E-state index contributed by atoms with van der Waals surface area (Å²) >= 11 is 0. The minimum absolute atomic E-state index is 1.06. The summed E-state index contributed by atoms with van der Waals surface area (Å²) in [5.74, 6) is 0. The Morgan fingerprint density at radius 2 is 1.68 bits per heavy atom. The molecular weight excluding hydrogens is 230 g/mol. The van der Waals surface area contributed by atoms with Crippen molar-refractivity contribution in [1.82, 2.24) is 4.90 Å². The van der Waals surface area contributed by atoms with Gasteiger partial charge in [0.05, 0.1) is 0 Å². The number of nitrogens with zero attached hydrogens (tertiary/aromatic N) is 1. The molecule has 2 aromatic carbocycles. The van der Waals surface area contributed by atoms with E-state index in [9.17, 15) is 0 Å². The summed E-state index contributed by atoms with van der Waals surface area (Å²) in [5.41, 5.74) is 2.79. The topological polar surface area (TPSA) is 3.24 Å². The van der Waals surface area contributed by atoms with E-state index in [4.69, 9.17) is 0 Å². The predicted molar refractivity (Wildman–Crippen MR) is 85.3 cm³/mol. The Balaban J connectivity index is 2.43. The van der Waals surface area contributed by atoms with Gasteiger partial charge in [-0.15, -0.1) is 0 Å². The van der Waals surface area contributed by atoms with Gasteiger partial charge < -0.3 is 4.90 Å². The zero-order valence-corrected chi connectivity index (χ0v) is 12.2. The first-order valence-corrected chi connectivity index (χ1v) is 7.23. The summed E-state index contributed by atoms with van der Waals surface area (Å²) in [5, 5.41) is 2.71. The van der Waals surface area contributed by atoms with Gasteiger partial charge in [-0.2, -0.15) is 0 Å². The van der Waals surface area contributed by atoms with Gasteiger partial charge in [0.15, 0.2) is 0 Å². The van der Waals surface area contributed by atoms with Crippen LogP contribution in [0.4, 0.5) is 0 Å². The average molecular weight is 253 g/mol. The second-order valence-corrected chi connectivity index (χ2v) is 4.74. The zero-order chi connectivity index (χ0) is 13.7. The maximum atomic E-state index is 2.31. The standard InChI is InChI=1S/C18H23N/c1-4-17-16(13-14-19(5-2)6-3)12-11-15-9-7-8-10-18(15)17/h7-14H,4-6H2,1-3H3/b14-13+. The summed E-state index contributed by atoms with van der Waals surface area (Å²) in [6, 6.07) is 13.1. The van der Waals surface area contributed by atoms with Crippen LogP contribution in [0.5, 0.6) is 0 Å². The van der Waals surface area contributed by atoms with Crippen molar-refractivity contribution in [3.8, 4) is 0 Å². The van der Waals surface area contributed by atoms with Gasteiger partial charge in [-0.25, -0.2) is 0 Å². The molecule has 0 radical (unpaired) electrons. The number of hydrogen-bond donors (Lipinski definition) is 0. The van der Waals surface area contributed by atoms with Gasteiger partial charge in [0, 0.05) is 13.1 Å². The third kappa shape index (κ3) is 2.98. The van der Waals surface area contributed by atoms with Crippen LogP contribution in [-0.2, 0) is 6.42 Å². The summed E-state index contributed by atoms with van der Waals surface area (Å²) in [6.45, 7) is 8.73. The number of aryl methyl sites for hydroxylation is 1. The first-order valence-electron chi connectivity index (χ1n) is 7.23. The minimum Gasteiger partial charge on any atom is -0.378 e. The Hall–Kier alpha value is -1.76. The van der Waals surface area contributed by atoms with Crippen molar-refractivity contribution in [2.24, 2.45) is 0 Å². The first-order chi connectivity index (χ1) is 9.30. The molecule has 2 aromatic rings. The van der Waals surface area contributed by atoms with Crippen molar-refractivity contribution in [2.45, 2.75) is 27.2 Å². The largest absolute Gasteiger partial charge is 0.378 e. The summed E-state index contributed by atoms with van der Waals surface area (Å²) in [7, 11) is 0. The Kier molecular flexibility index (Phi) is 4.62. The molecule has 2 rings (SSSR count). The highest BCUT2D eigenvalue weighted by Crippen LogP contribution is 2.24. The lowest BCUT2D eigenvalue weighted by atomic mass is 9.97. The van der Waals surface area contributed by atoms with E-state index in [0.717, 1.165) is 19.5 Å². The fraction of sp³-hybridized carbons (Fsp3) is 0.333. The molecule has 0 aliphatic rings. The highest BCUT2D eigenvalue weighted by molar-refractivity contribution is 5.88. The van der Waals surface area contributed by atoms with Gasteiger partial charge in [-0.3, -0.25) is 0 Å². The van der Waals surface area contributed by atoms with E-state index in [1.54, 1.807) is 0 Å². The maximum Gasteiger partial charge on any atom is 0.0143 e. The lowest BCUT2D eigenvalue weighted by Crippen LogP contribution is -2.14. The van der Waals surface area contributed by atoms with Crippen LogP contribution < -0.4 is 0 Å². The molecule has 0 N–H and O–H groups in total. The first kappa shape index (κ1) is 13.7. The van der Waals surface area contributed by atoms with Crippen molar-refractivity contribution in [3.05, 3.63) is 53.7 Å². The molecule has 0 heterocycles. The fourth-order valence-electron chi connectivity index (χ4n) is 2.52. The molecule has 100 valence electrons. The van der Waals surface area contributed by atoms with Crippen molar-refractivity contribution in [1.29, 1.82) is 0 Å². The quantitative estimate of drug-likeness (QED) is 0.745. The van der Waals surface area contributed by atoms with Crippen molar-refractivity contribution in [3.63, 3.8) is 0 Å². The lowest BCUT2D eigenvalue weighted by molar-refractivity contribution is 0.421. The molecule has 0 aliphatic heterocycles. The van der Waals surface area contributed by atoms with E-state index in [1.165, 1.54) is 21.9 Å². The maximum absolute atomic E-state index is 2.31. The molecule has 0 aliphatic carbocycles. The van der Waals surface area contributed by atoms with Crippen LogP contribution >= 0.6 is 0 Å². The second-order valence-electron chi connectivity index (χ2n) is 4.74. The highest BCUT2D eigenvalue weighted by atomic mass is 15.1. The van der Waals surface area contributed by atoms with Gasteiger partial charge >= 0.3 is 0 Å². The van der Waals surface area contributed by atoms with E-state index in [1.807, 2.05) is 0 Å². The van der Waals surface area contributed by atoms with Crippen molar-refractivity contribution >= 4 is 16.8 Å². The van der Waals surface area contributed by atoms with E-state index in [0.29, 0.717) is 0 Å². The normalized spacial score (nSPS) is 11.3. The molecule has 0 saturated carbocycles. The van der Waals surface area contributed by atoms with Crippen LogP contribution in [0.1, 0.15) is 31.9 Å². The van der Waals surface area contributed by atoms with E-state index in [2.05, 4.69) is 74.3 Å². The van der Waals surface area contributed by atoms with Crippen molar-refractivity contribution in [2.75, 3.05) is 13.1 Å². The van der Waals surface area contributed by atoms with Crippen LogP contribution in [0.3, 0.4) is 0 Å². The number of hydrogen-bond acceptors (Lipinski definition) is 1. The Morgan fingerprint density at radius 1 is 0.947 bits per heavy atom. The van der Waals surface area contributed by atoms with E-state index >= 15 is 0 Å². The molecule has 0 saturated heterocycles. The molecule has 0 unspecified atom stereocenters. The predicted octanol–water partition coefficient (Wildman–Crippen LogP) is 4.71. The zero-order valence-electron chi connectivity index (χ0n) is 12.2. The Morgan fingerprint density at radius 3 is 2.37 bits per heavy atom. The van der Waals surface area contributed by atoms with E-state index in [-0.39, 0.29) is 0 Å². The summed E-state index contributed by atoms with van der Waals surface area (Å²) in [6.07, 6.45) is 5.53. The monoisotopic (exact) mass is 253 g/mol. The van der Waals surface area contributed by atoms with Crippen LogP contribution in [0.2, 0.25) is 0 Å². The third-order valence-electron chi connectivity index (χ3n) is 3.71. The van der Waals surface area contributed by atoms with Gasteiger partial charge in [0.2, 0.25) is 0 Å². The minimum atomic E-state index is 1.06. The van der Waals surface area contributed by atoms with Crippen molar-refractivity contribution < 1.29 is 0 Å². The molecule has 1 heteroatoms. The summed E-state index contributed by atoms with van der Waals surface area (Å²) in [4.78, 5) is 2.31. The number of rotatable bonds is 5. The van der Waals surface area contributed by atoms with Crippen LogP contribution in [-0.4, -0.2) is 18.0 Å². The lowest BCUT2D eigenvalue weighted by Gasteiger charge is -2.15. The Labute approximate surface area is 116 Å². The molecule has 0 amide bonds. The molecule has 0 bridgehead atoms. The average Bonchev–Trinajstić information content (AvgIpc) is 2.47. The summed E-state index contributed by atoms with van der Waals surface area (Å²) < 4.78 is 0. The highest BCUT2D eigenvalue weighted by Gasteiger charge is 2.03. The Bertz CT molecular complexity index is 565. The molecule has 0 aromatic heterocycles. The molecule has 19 heavy (non-hydrogen) atoms. The van der Waals surface area contributed by atoms with Gasteiger partial charge in [-0.1, -0.05) is 43.3 Å². The van der Waals surface area contributed by atoms with Gasteiger partial charge in [0.1, 0.15) is 0 Å². The van der Waals surface area contributed by atoms with Crippen LogP contribution in [0, 0.1) is 0 Å². The van der Waals surface area contributed by atoms with Gasteiger partial charge in [0.25, 0.3) is 0 Å². The second kappa shape index (κ2) is 6.42. The fourth-order valence-corrected chi connectivity index (χ4v) is 2.52. The molecule has 0 spiro atoms. The number of benzene rings is 2. The molecule has 0 atom stereocenters. The van der Waals surface area contributed by atoms with Crippen LogP contribution in [0.15, 0.2) is 42.6 Å². The molecule has 1 nitrogen and oxygen atoms in total. The van der Waals surface area contributed by atoms with E-state index < -0.39 is 0 Å². The molecular formula is C18H23N. The number of fused-ring (bicyclic) bond motifs is 1. The molecule has 0 fully saturated rings. The SMILES string of the molecule is CCc1c(/C=C/N(CC)CC)ccc2ccccc12. The van der Waals surface area contributed by atoms with Crippen LogP contribution in [0.25, 0.3) is 16.8 Å².